The first-order valence-corrected chi connectivity index (χ1v) is 8.47. The molecule has 1 aromatic carbocycles. The van der Waals surface area contributed by atoms with Crippen LogP contribution in [0.15, 0.2) is 47.6 Å². The fourth-order valence-corrected chi connectivity index (χ4v) is 2.48. The summed E-state index contributed by atoms with van der Waals surface area (Å²) in [5.74, 6) is -1.17. The van der Waals surface area contributed by atoms with E-state index in [2.05, 4.69) is 11.7 Å². The Morgan fingerprint density at radius 3 is 2.58 bits per heavy atom. The zero-order chi connectivity index (χ0) is 19.1. The Balaban J connectivity index is 2.01. The number of hydrogen-bond acceptors (Lipinski definition) is 5. The Labute approximate surface area is 152 Å². The Hall–Kier alpha value is -2.96. The highest BCUT2D eigenvalue weighted by Gasteiger charge is 2.27. The van der Waals surface area contributed by atoms with Gasteiger partial charge in [0.15, 0.2) is 6.61 Å². The number of esters is 1. The molecule has 138 valence electrons. The number of nitrogens with zero attached hydrogens (tertiary/aromatic N) is 3. The Kier molecular flexibility index (Phi) is 6.66. The van der Waals surface area contributed by atoms with Crippen LogP contribution in [0.3, 0.4) is 0 Å². The fraction of sp³-hybridized carbons (Fsp3) is 0.368. The molecule has 26 heavy (non-hydrogen) atoms. The summed E-state index contributed by atoms with van der Waals surface area (Å²) in [6.45, 7) is 8.01. The average Bonchev–Trinajstić information content (AvgIpc) is 2.64. The minimum Gasteiger partial charge on any atom is -0.451 e. The molecule has 0 atom stereocenters. The van der Waals surface area contributed by atoms with Gasteiger partial charge in [-0.15, -0.1) is 0 Å². The van der Waals surface area contributed by atoms with Gasteiger partial charge in [0.05, 0.1) is 5.69 Å². The van der Waals surface area contributed by atoms with Crippen molar-refractivity contribution in [2.24, 2.45) is 5.10 Å². The van der Waals surface area contributed by atoms with Crippen molar-refractivity contribution >= 4 is 29.2 Å². The number of carbonyl (C=O) groups excluding carboxylic acids is 3. The summed E-state index contributed by atoms with van der Waals surface area (Å²) in [6.07, 6.45) is 0.353. The van der Waals surface area contributed by atoms with Crippen molar-refractivity contribution in [2.75, 3.05) is 24.7 Å². The number of benzene rings is 1. The molecule has 0 N–H and O–H groups in total. The van der Waals surface area contributed by atoms with Gasteiger partial charge in [-0.2, -0.15) is 5.10 Å². The van der Waals surface area contributed by atoms with E-state index in [-0.39, 0.29) is 37.0 Å². The van der Waals surface area contributed by atoms with Gasteiger partial charge >= 0.3 is 5.97 Å². The number of carbonyl (C=O) groups is 3. The molecule has 1 heterocycles. The molecular weight excluding hydrogens is 334 g/mol. The van der Waals surface area contributed by atoms with E-state index in [0.717, 1.165) is 5.57 Å². The third-order valence-electron chi connectivity index (χ3n) is 3.79. The van der Waals surface area contributed by atoms with Crippen LogP contribution in [0.4, 0.5) is 5.69 Å². The second-order valence-corrected chi connectivity index (χ2v) is 6.03. The van der Waals surface area contributed by atoms with Crippen LogP contribution in [0.25, 0.3) is 0 Å². The van der Waals surface area contributed by atoms with Gasteiger partial charge in [-0.3, -0.25) is 9.59 Å². The third-order valence-corrected chi connectivity index (χ3v) is 3.79. The van der Waals surface area contributed by atoms with Crippen LogP contribution in [-0.4, -0.2) is 48.1 Å². The van der Waals surface area contributed by atoms with Crippen LogP contribution in [0.1, 0.15) is 26.7 Å². The number of hydrogen-bond donors (Lipinski definition) is 0. The number of likely N-dealkylation sites (N-methyl/N-ethyl adjacent to an activating group) is 1. The zero-order valence-corrected chi connectivity index (χ0v) is 15.1. The van der Waals surface area contributed by atoms with E-state index in [1.54, 1.807) is 29.2 Å². The van der Waals surface area contributed by atoms with Gasteiger partial charge in [0.2, 0.25) is 5.91 Å². The number of anilines is 1. The van der Waals surface area contributed by atoms with E-state index in [9.17, 15) is 14.4 Å². The second-order valence-electron chi connectivity index (χ2n) is 6.03. The maximum atomic E-state index is 12.2. The minimum atomic E-state index is -0.682. The molecule has 0 saturated carbocycles. The summed E-state index contributed by atoms with van der Waals surface area (Å²) in [5.41, 5.74) is 1.56. The molecule has 2 amide bonds. The van der Waals surface area contributed by atoms with Crippen molar-refractivity contribution in [1.29, 1.82) is 0 Å². The summed E-state index contributed by atoms with van der Waals surface area (Å²) in [5, 5.41) is 5.31. The lowest BCUT2D eigenvalue weighted by molar-refractivity contribution is -0.146. The summed E-state index contributed by atoms with van der Waals surface area (Å²) < 4.78 is 5.10. The van der Waals surface area contributed by atoms with E-state index in [1.807, 2.05) is 19.9 Å². The van der Waals surface area contributed by atoms with Gasteiger partial charge in [-0.05, 0) is 26.0 Å². The topological polar surface area (TPSA) is 79.3 Å². The van der Waals surface area contributed by atoms with Gasteiger partial charge in [-0.25, -0.2) is 9.80 Å². The van der Waals surface area contributed by atoms with Gasteiger partial charge in [0.1, 0.15) is 5.71 Å². The minimum absolute atomic E-state index is 0.129. The SMILES string of the molecule is C=C(C)CN(CC)C(=O)COC(=O)C1=NN(c2ccccc2)C(=O)CC1. The predicted molar refractivity (Wildman–Crippen MR) is 98.6 cm³/mol. The molecule has 1 aromatic rings. The maximum Gasteiger partial charge on any atom is 0.355 e. The summed E-state index contributed by atoms with van der Waals surface area (Å²) in [7, 11) is 0. The lowest BCUT2D eigenvalue weighted by atomic mass is 10.1. The van der Waals surface area contributed by atoms with Crippen molar-refractivity contribution in [3.8, 4) is 0 Å². The summed E-state index contributed by atoms with van der Waals surface area (Å²) in [4.78, 5) is 38.0. The molecule has 0 saturated heterocycles. The molecule has 0 radical (unpaired) electrons. The molecule has 2 rings (SSSR count). The molecule has 0 fully saturated rings. The van der Waals surface area contributed by atoms with Crippen LogP contribution < -0.4 is 5.01 Å². The van der Waals surface area contributed by atoms with E-state index in [4.69, 9.17) is 4.74 Å². The molecule has 7 nitrogen and oxygen atoms in total. The highest BCUT2D eigenvalue weighted by molar-refractivity contribution is 6.38. The summed E-state index contributed by atoms with van der Waals surface area (Å²) >= 11 is 0. The monoisotopic (exact) mass is 357 g/mol. The number of hydrazone groups is 1. The molecule has 0 aromatic heterocycles. The van der Waals surface area contributed by atoms with E-state index >= 15 is 0 Å². The van der Waals surface area contributed by atoms with Crippen molar-refractivity contribution < 1.29 is 19.1 Å². The molecule has 0 bridgehead atoms. The molecule has 7 heteroatoms. The first-order valence-electron chi connectivity index (χ1n) is 8.47. The van der Waals surface area contributed by atoms with Crippen molar-refractivity contribution in [3.05, 3.63) is 42.5 Å². The highest BCUT2D eigenvalue weighted by Crippen LogP contribution is 2.20. The van der Waals surface area contributed by atoms with Crippen LogP contribution in [-0.2, 0) is 19.1 Å². The molecule has 1 aliphatic heterocycles. The van der Waals surface area contributed by atoms with Gasteiger partial charge < -0.3 is 9.64 Å². The Morgan fingerprint density at radius 2 is 1.96 bits per heavy atom. The van der Waals surface area contributed by atoms with Crippen LogP contribution >= 0.6 is 0 Å². The van der Waals surface area contributed by atoms with Crippen molar-refractivity contribution in [3.63, 3.8) is 0 Å². The zero-order valence-electron chi connectivity index (χ0n) is 15.1. The number of para-hydroxylation sites is 1. The molecule has 1 aliphatic rings. The molecule has 0 spiro atoms. The molecular formula is C19H23N3O4. The predicted octanol–water partition coefficient (Wildman–Crippen LogP) is 2.14. The normalized spacial score (nSPS) is 13.8. The smallest absolute Gasteiger partial charge is 0.355 e. The first kappa shape index (κ1) is 19.4. The first-order chi connectivity index (χ1) is 12.4. The Morgan fingerprint density at radius 1 is 1.27 bits per heavy atom. The molecule has 0 unspecified atom stereocenters. The standard InChI is InChI=1S/C19H23N3O4/c1-4-21(12-14(2)3)18(24)13-26-19(25)16-10-11-17(23)22(20-16)15-8-6-5-7-9-15/h5-9H,2,4,10-13H2,1,3H3. The van der Waals surface area contributed by atoms with Crippen LogP contribution in [0.5, 0.6) is 0 Å². The average molecular weight is 357 g/mol. The van der Waals surface area contributed by atoms with Crippen molar-refractivity contribution in [1.82, 2.24) is 4.90 Å². The maximum absolute atomic E-state index is 12.2. The van der Waals surface area contributed by atoms with Crippen molar-refractivity contribution in [2.45, 2.75) is 26.7 Å². The number of rotatable bonds is 7. The second kappa shape index (κ2) is 8.94. The Bertz CT molecular complexity index is 728. The van der Waals surface area contributed by atoms with Crippen LogP contribution in [0.2, 0.25) is 0 Å². The lowest BCUT2D eigenvalue weighted by Crippen LogP contribution is -2.38. The van der Waals surface area contributed by atoms with Gasteiger partial charge in [-0.1, -0.05) is 30.4 Å². The highest BCUT2D eigenvalue weighted by atomic mass is 16.5. The fourth-order valence-electron chi connectivity index (χ4n) is 2.48. The van der Waals surface area contributed by atoms with Gasteiger partial charge in [0.25, 0.3) is 5.91 Å². The lowest BCUT2D eigenvalue weighted by Gasteiger charge is -2.23. The third kappa shape index (κ3) is 5.02. The summed E-state index contributed by atoms with van der Waals surface area (Å²) in [6, 6.07) is 8.85. The van der Waals surface area contributed by atoms with E-state index in [1.165, 1.54) is 5.01 Å². The molecule has 0 aliphatic carbocycles. The van der Waals surface area contributed by atoms with Gasteiger partial charge in [0, 0.05) is 25.9 Å². The largest absolute Gasteiger partial charge is 0.451 e. The van der Waals surface area contributed by atoms with Crippen LogP contribution in [0, 0.1) is 0 Å². The quantitative estimate of drug-likeness (QED) is 0.553. The number of amides is 2. The van der Waals surface area contributed by atoms with E-state index < -0.39 is 5.97 Å². The van der Waals surface area contributed by atoms with E-state index in [0.29, 0.717) is 18.8 Å². The number of ether oxygens (including phenoxy) is 1.